The lowest BCUT2D eigenvalue weighted by Crippen LogP contribution is -2.49. The first kappa shape index (κ1) is 18.4. The van der Waals surface area contributed by atoms with Crippen molar-refractivity contribution in [1.82, 2.24) is 9.80 Å². The second-order valence-corrected chi connectivity index (χ2v) is 8.94. The van der Waals surface area contributed by atoms with Crippen LogP contribution >= 0.6 is 0 Å². The van der Waals surface area contributed by atoms with Crippen molar-refractivity contribution < 1.29 is 9.52 Å². The zero-order valence-electron chi connectivity index (χ0n) is 16.7. The molecule has 3 aliphatic rings. The van der Waals surface area contributed by atoms with E-state index in [0.717, 1.165) is 51.3 Å². The lowest BCUT2D eigenvalue weighted by Gasteiger charge is -2.43. The Kier molecular flexibility index (Phi) is 5.04. The Morgan fingerprint density at radius 3 is 2.39 bits per heavy atom. The number of fused-ring (bicyclic) bond motifs is 2. The van der Waals surface area contributed by atoms with Crippen LogP contribution < -0.4 is 0 Å². The predicted molar refractivity (Wildman–Crippen MR) is 110 cm³/mol. The van der Waals surface area contributed by atoms with Crippen LogP contribution in [-0.4, -0.2) is 47.2 Å². The lowest BCUT2D eigenvalue weighted by molar-refractivity contribution is -0.0163. The van der Waals surface area contributed by atoms with Crippen LogP contribution in [-0.2, 0) is 12.0 Å². The van der Waals surface area contributed by atoms with Crippen LogP contribution in [0.25, 0.3) is 0 Å². The van der Waals surface area contributed by atoms with Crippen LogP contribution in [0.2, 0.25) is 0 Å². The first-order valence-corrected chi connectivity index (χ1v) is 11.0. The van der Waals surface area contributed by atoms with Crippen molar-refractivity contribution in [3.63, 3.8) is 0 Å². The molecule has 0 radical (unpaired) electrons. The predicted octanol–water partition coefficient (Wildman–Crippen LogP) is 4.11. The fourth-order valence-corrected chi connectivity index (χ4v) is 5.91. The molecule has 2 saturated heterocycles. The number of hydrogen-bond donors (Lipinski definition) is 1. The van der Waals surface area contributed by atoms with E-state index in [-0.39, 0.29) is 17.6 Å². The third kappa shape index (κ3) is 3.12. The molecule has 2 aliphatic heterocycles. The van der Waals surface area contributed by atoms with Crippen LogP contribution in [0.15, 0.2) is 47.1 Å². The summed E-state index contributed by atoms with van der Waals surface area (Å²) in [6.45, 7) is 5.14. The molecule has 1 aromatic heterocycles. The van der Waals surface area contributed by atoms with Crippen LogP contribution in [0.3, 0.4) is 0 Å². The van der Waals surface area contributed by atoms with Crippen LogP contribution in [0.4, 0.5) is 0 Å². The molecule has 5 rings (SSSR count). The summed E-state index contributed by atoms with van der Waals surface area (Å²) >= 11 is 0. The fourth-order valence-electron chi connectivity index (χ4n) is 5.91. The number of aliphatic hydroxyl groups excluding tert-OH is 1. The molecule has 0 saturated carbocycles. The van der Waals surface area contributed by atoms with Gasteiger partial charge in [0.05, 0.1) is 25.0 Å². The quantitative estimate of drug-likeness (QED) is 0.870. The lowest BCUT2D eigenvalue weighted by atomic mass is 9.72. The Hall–Kier alpha value is -1.62. The van der Waals surface area contributed by atoms with Crippen molar-refractivity contribution in [2.45, 2.75) is 62.6 Å². The highest BCUT2D eigenvalue weighted by Crippen LogP contribution is 2.53. The summed E-state index contributed by atoms with van der Waals surface area (Å²) in [4.78, 5) is 5.05. The zero-order valence-corrected chi connectivity index (χ0v) is 16.7. The molecule has 0 bridgehead atoms. The molecule has 1 aliphatic carbocycles. The second kappa shape index (κ2) is 7.66. The van der Waals surface area contributed by atoms with Crippen LogP contribution in [0, 0.1) is 0 Å². The standard InChI is InChI=1S/C24H32N2O2/c27-23-22(26-13-5-1-2-6-14-26)20-9-3-4-10-21(20)24(23)11-15-25(16-12-24)18-19-8-7-17-28-19/h3-4,7-10,17,22-23,27H,1-2,5-6,11-16,18H2/t22-,23+/m0/s1. The number of aliphatic hydroxyl groups is 1. The topological polar surface area (TPSA) is 39.9 Å². The maximum Gasteiger partial charge on any atom is 0.117 e. The molecule has 28 heavy (non-hydrogen) atoms. The third-order valence-corrected chi connectivity index (χ3v) is 7.42. The van der Waals surface area contributed by atoms with Gasteiger partial charge in [-0.2, -0.15) is 0 Å². The van der Waals surface area contributed by atoms with E-state index >= 15 is 0 Å². The van der Waals surface area contributed by atoms with E-state index in [0.29, 0.717) is 0 Å². The average molecular weight is 381 g/mol. The number of benzene rings is 1. The van der Waals surface area contributed by atoms with Crippen molar-refractivity contribution in [2.24, 2.45) is 0 Å². The van der Waals surface area contributed by atoms with Crippen molar-refractivity contribution >= 4 is 0 Å². The zero-order chi connectivity index (χ0) is 19.0. The second-order valence-electron chi connectivity index (χ2n) is 8.94. The van der Waals surface area contributed by atoms with Gasteiger partial charge in [-0.3, -0.25) is 9.80 Å². The van der Waals surface area contributed by atoms with Gasteiger partial charge in [-0.05, 0) is 75.1 Å². The minimum atomic E-state index is -0.297. The van der Waals surface area contributed by atoms with Gasteiger partial charge in [0.1, 0.15) is 5.76 Å². The molecule has 2 aromatic rings. The maximum atomic E-state index is 11.7. The van der Waals surface area contributed by atoms with Crippen molar-refractivity contribution in [2.75, 3.05) is 26.2 Å². The van der Waals surface area contributed by atoms with Crippen molar-refractivity contribution in [3.8, 4) is 0 Å². The van der Waals surface area contributed by atoms with E-state index in [1.165, 1.54) is 36.8 Å². The number of hydrogen-bond acceptors (Lipinski definition) is 4. The average Bonchev–Trinajstić information content (AvgIpc) is 3.20. The highest BCUT2D eigenvalue weighted by molar-refractivity contribution is 5.45. The molecular formula is C24H32N2O2. The highest BCUT2D eigenvalue weighted by Gasteiger charge is 2.53. The summed E-state index contributed by atoms with van der Waals surface area (Å²) in [7, 11) is 0. The number of furan rings is 1. The monoisotopic (exact) mass is 380 g/mol. The van der Waals surface area contributed by atoms with E-state index in [2.05, 4.69) is 40.1 Å². The summed E-state index contributed by atoms with van der Waals surface area (Å²) in [5.74, 6) is 1.03. The number of rotatable bonds is 3. The third-order valence-electron chi connectivity index (χ3n) is 7.42. The molecular weight excluding hydrogens is 348 g/mol. The van der Waals surface area contributed by atoms with E-state index < -0.39 is 0 Å². The van der Waals surface area contributed by atoms with Gasteiger partial charge >= 0.3 is 0 Å². The summed E-state index contributed by atoms with van der Waals surface area (Å²) in [5.41, 5.74) is 2.71. The van der Waals surface area contributed by atoms with Gasteiger partial charge in [-0.1, -0.05) is 37.1 Å². The van der Waals surface area contributed by atoms with Gasteiger partial charge in [-0.15, -0.1) is 0 Å². The SMILES string of the molecule is O[C@@H]1[C@@H](N2CCCCCC2)c2ccccc2C12CCN(Cc1ccco1)CC2. The molecule has 1 N–H and O–H groups in total. The van der Waals surface area contributed by atoms with Gasteiger partial charge in [0.2, 0.25) is 0 Å². The van der Waals surface area contributed by atoms with Crippen LogP contribution in [0.1, 0.15) is 61.5 Å². The summed E-state index contributed by atoms with van der Waals surface area (Å²) in [5, 5.41) is 11.7. The first-order valence-electron chi connectivity index (χ1n) is 11.0. The molecule has 4 heteroatoms. The first-order chi connectivity index (χ1) is 13.8. The van der Waals surface area contributed by atoms with E-state index in [9.17, 15) is 5.11 Å². The van der Waals surface area contributed by atoms with Gasteiger partial charge in [0.15, 0.2) is 0 Å². The fraction of sp³-hybridized carbons (Fsp3) is 0.583. The minimum Gasteiger partial charge on any atom is -0.468 e. The Morgan fingerprint density at radius 2 is 1.68 bits per heavy atom. The van der Waals surface area contributed by atoms with Gasteiger partial charge in [-0.25, -0.2) is 0 Å². The number of likely N-dealkylation sites (tertiary alicyclic amines) is 2. The van der Waals surface area contributed by atoms with E-state index in [4.69, 9.17) is 4.42 Å². The maximum absolute atomic E-state index is 11.7. The highest BCUT2D eigenvalue weighted by atomic mass is 16.3. The summed E-state index contributed by atoms with van der Waals surface area (Å²) < 4.78 is 5.54. The Balaban J connectivity index is 1.39. The smallest absolute Gasteiger partial charge is 0.117 e. The Labute approximate surface area is 168 Å². The van der Waals surface area contributed by atoms with E-state index in [1.807, 2.05) is 6.07 Å². The van der Waals surface area contributed by atoms with Gasteiger partial charge in [0, 0.05) is 5.41 Å². The molecule has 1 spiro atoms. The summed E-state index contributed by atoms with van der Waals surface area (Å²) in [6, 6.07) is 13.1. The largest absolute Gasteiger partial charge is 0.468 e. The minimum absolute atomic E-state index is 0.0901. The molecule has 0 amide bonds. The molecule has 150 valence electrons. The van der Waals surface area contributed by atoms with Gasteiger partial charge < -0.3 is 9.52 Å². The number of piperidine rings is 1. The molecule has 1 aromatic carbocycles. The normalized spacial score (nSPS) is 28.3. The molecule has 2 atom stereocenters. The van der Waals surface area contributed by atoms with Crippen LogP contribution in [0.5, 0.6) is 0 Å². The Bertz CT molecular complexity index is 772. The molecule has 0 unspecified atom stereocenters. The van der Waals surface area contributed by atoms with Gasteiger partial charge in [0.25, 0.3) is 0 Å². The number of nitrogens with zero attached hydrogens (tertiary/aromatic N) is 2. The van der Waals surface area contributed by atoms with Crippen molar-refractivity contribution in [1.29, 1.82) is 0 Å². The Morgan fingerprint density at radius 1 is 0.929 bits per heavy atom. The van der Waals surface area contributed by atoms with E-state index in [1.54, 1.807) is 6.26 Å². The molecule has 4 nitrogen and oxygen atoms in total. The molecule has 3 heterocycles. The summed E-state index contributed by atoms with van der Waals surface area (Å²) in [6.07, 6.45) is 8.68. The van der Waals surface area contributed by atoms with Crippen molar-refractivity contribution in [3.05, 3.63) is 59.5 Å². The molecule has 2 fully saturated rings.